The summed E-state index contributed by atoms with van der Waals surface area (Å²) in [6.07, 6.45) is 4.13. The molecule has 1 aromatic carbocycles. The normalized spacial score (nSPS) is 11.0. The second-order valence-electron chi connectivity index (χ2n) is 6.61. The summed E-state index contributed by atoms with van der Waals surface area (Å²) in [7, 11) is 0. The van der Waals surface area contributed by atoms with E-state index in [0.717, 1.165) is 48.4 Å². The van der Waals surface area contributed by atoms with Crippen molar-refractivity contribution in [1.82, 2.24) is 4.57 Å². The molecule has 0 saturated carbocycles. The fourth-order valence-electron chi connectivity index (χ4n) is 3.58. The van der Waals surface area contributed by atoms with Gasteiger partial charge in [0.2, 0.25) is 0 Å². The summed E-state index contributed by atoms with van der Waals surface area (Å²) >= 11 is 1.67. The van der Waals surface area contributed by atoms with Gasteiger partial charge in [-0.1, -0.05) is 49.7 Å². The Hall–Kier alpha value is -2.33. The summed E-state index contributed by atoms with van der Waals surface area (Å²) in [5, 5.41) is 2.06. The number of aromatic nitrogens is 1. The number of carbonyl (C=O) groups excluding carboxylic acids is 1. The second-order valence-corrected chi connectivity index (χ2v) is 7.56. The topological polar surface area (TPSA) is 48.0 Å². The first kappa shape index (κ1) is 18.5. The smallest absolute Gasteiger partial charge is 0.251 e. The molecule has 136 valence electrons. The van der Waals surface area contributed by atoms with Crippen molar-refractivity contribution in [3.8, 4) is 10.4 Å². The molecule has 0 aliphatic rings. The number of amides is 1. The lowest BCUT2D eigenvalue weighted by Crippen LogP contribution is -2.13. The van der Waals surface area contributed by atoms with E-state index in [1.54, 1.807) is 11.3 Å². The van der Waals surface area contributed by atoms with Gasteiger partial charge in [-0.2, -0.15) is 0 Å². The van der Waals surface area contributed by atoms with Crippen molar-refractivity contribution in [2.24, 2.45) is 5.73 Å². The number of hydrogen-bond acceptors (Lipinski definition) is 2. The van der Waals surface area contributed by atoms with Crippen LogP contribution >= 0.6 is 11.3 Å². The molecule has 3 nitrogen and oxygen atoms in total. The van der Waals surface area contributed by atoms with Crippen molar-refractivity contribution in [2.75, 3.05) is 0 Å². The fraction of sp³-hybridized carbons (Fsp3) is 0.318. The molecule has 3 rings (SSSR count). The zero-order chi connectivity index (χ0) is 18.5. The third-order valence-electron chi connectivity index (χ3n) is 4.88. The average Bonchev–Trinajstić information content (AvgIpc) is 3.25. The van der Waals surface area contributed by atoms with Crippen LogP contribution in [0.3, 0.4) is 0 Å². The lowest BCUT2D eigenvalue weighted by molar-refractivity contribution is 0.1000. The van der Waals surface area contributed by atoms with Gasteiger partial charge in [-0.05, 0) is 43.2 Å². The Morgan fingerprint density at radius 2 is 1.88 bits per heavy atom. The molecule has 4 heteroatoms. The Morgan fingerprint density at radius 1 is 1.12 bits per heavy atom. The molecule has 0 bridgehead atoms. The van der Waals surface area contributed by atoms with Gasteiger partial charge in [-0.15, -0.1) is 11.3 Å². The van der Waals surface area contributed by atoms with Crippen LogP contribution in [-0.4, -0.2) is 10.5 Å². The summed E-state index contributed by atoms with van der Waals surface area (Å²) in [5.41, 5.74) is 11.1. The highest BCUT2D eigenvalue weighted by atomic mass is 32.1. The summed E-state index contributed by atoms with van der Waals surface area (Å²) in [6, 6.07) is 14.6. The lowest BCUT2D eigenvalue weighted by Gasteiger charge is -2.13. The second kappa shape index (κ2) is 8.37. The first-order valence-electron chi connectivity index (χ1n) is 9.23. The number of benzene rings is 1. The van der Waals surface area contributed by atoms with Crippen LogP contribution in [-0.2, 0) is 19.4 Å². The summed E-state index contributed by atoms with van der Waals surface area (Å²) in [6.45, 7) is 5.09. The maximum Gasteiger partial charge on any atom is 0.251 e. The van der Waals surface area contributed by atoms with Crippen molar-refractivity contribution < 1.29 is 4.79 Å². The highest BCUT2D eigenvalue weighted by Crippen LogP contribution is 2.36. The number of unbranched alkanes of at least 4 members (excludes halogenated alkanes) is 1. The van der Waals surface area contributed by atoms with Gasteiger partial charge in [0.15, 0.2) is 0 Å². The Morgan fingerprint density at radius 3 is 2.50 bits per heavy atom. The number of aryl methyl sites for hydroxylation is 1. The summed E-state index contributed by atoms with van der Waals surface area (Å²) < 4.78 is 2.32. The van der Waals surface area contributed by atoms with E-state index in [1.165, 1.54) is 11.3 Å². The minimum absolute atomic E-state index is 0.331. The van der Waals surface area contributed by atoms with Crippen molar-refractivity contribution in [3.63, 3.8) is 0 Å². The van der Waals surface area contributed by atoms with Gasteiger partial charge in [0.25, 0.3) is 5.91 Å². The van der Waals surface area contributed by atoms with Gasteiger partial charge in [0.05, 0.1) is 5.56 Å². The minimum atomic E-state index is -0.331. The van der Waals surface area contributed by atoms with Gasteiger partial charge < -0.3 is 10.3 Å². The summed E-state index contributed by atoms with van der Waals surface area (Å²) in [4.78, 5) is 13.4. The number of nitrogens with two attached hydrogens (primary N) is 1. The van der Waals surface area contributed by atoms with E-state index in [0.29, 0.717) is 5.56 Å². The average molecular weight is 367 g/mol. The monoisotopic (exact) mass is 366 g/mol. The van der Waals surface area contributed by atoms with Crippen LogP contribution in [0, 0.1) is 6.92 Å². The molecule has 2 N–H and O–H groups in total. The van der Waals surface area contributed by atoms with Crippen LogP contribution in [0.15, 0.2) is 47.8 Å². The zero-order valence-electron chi connectivity index (χ0n) is 15.5. The predicted octanol–water partition coefficient (Wildman–Crippen LogP) is 5.21. The maximum atomic E-state index is 12.3. The molecule has 1 amide bonds. The Balaban J connectivity index is 2.06. The van der Waals surface area contributed by atoms with Crippen molar-refractivity contribution in [3.05, 3.63) is 70.4 Å². The Labute approximate surface area is 159 Å². The number of thiophene rings is 1. The van der Waals surface area contributed by atoms with Gasteiger partial charge in [-0.25, -0.2) is 0 Å². The van der Waals surface area contributed by atoms with E-state index < -0.39 is 0 Å². The third kappa shape index (κ3) is 3.75. The van der Waals surface area contributed by atoms with Crippen LogP contribution < -0.4 is 5.73 Å². The fourth-order valence-corrected chi connectivity index (χ4v) is 4.38. The number of rotatable bonds is 8. The van der Waals surface area contributed by atoms with Crippen molar-refractivity contribution in [2.45, 2.75) is 46.1 Å². The molecule has 0 saturated heterocycles. The molecule has 0 unspecified atom stereocenters. The third-order valence-corrected chi connectivity index (χ3v) is 5.77. The van der Waals surface area contributed by atoms with E-state index in [9.17, 15) is 4.79 Å². The number of hydrogen-bond donors (Lipinski definition) is 1. The molecule has 0 aliphatic carbocycles. The van der Waals surface area contributed by atoms with E-state index in [1.807, 2.05) is 19.1 Å². The van der Waals surface area contributed by atoms with Gasteiger partial charge in [0, 0.05) is 28.4 Å². The van der Waals surface area contributed by atoms with Gasteiger partial charge >= 0.3 is 0 Å². The van der Waals surface area contributed by atoms with Crippen molar-refractivity contribution in [1.29, 1.82) is 0 Å². The number of nitrogens with zero attached hydrogens (tertiary/aromatic N) is 1. The van der Waals surface area contributed by atoms with Crippen LogP contribution in [0.5, 0.6) is 0 Å². The molecule has 3 aromatic rings. The predicted molar refractivity (Wildman–Crippen MR) is 110 cm³/mol. The lowest BCUT2D eigenvalue weighted by atomic mass is 10.0. The van der Waals surface area contributed by atoms with Crippen LogP contribution in [0.4, 0.5) is 0 Å². The Kier molecular flexibility index (Phi) is 5.94. The van der Waals surface area contributed by atoms with Crippen molar-refractivity contribution >= 4 is 17.2 Å². The van der Waals surface area contributed by atoms with E-state index in [2.05, 4.69) is 47.2 Å². The molecular weight excluding hydrogens is 340 g/mol. The first-order valence-corrected chi connectivity index (χ1v) is 10.1. The molecular formula is C22H26N2OS. The zero-order valence-corrected chi connectivity index (χ0v) is 16.3. The van der Waals surface area contributed by atoms with E-state index in [4.69, 9.17) is 5.73 Å². The molecule has 0 fully saturated rings. The van der Waals surface area contributed by atoms with Crippen LogP contribution in [0.2, 0.25) is 0 Å². The van der Waals surface area contributed by atoms with E-state index >= 15 is 0 Å². The molecule has 0 atom stereocenters. The number of primary amides is 1. The first-order chi connectivity index (χ1) is 12.6. The van der Waals surface area contributed by atoms with Gasteiger partial charge in [0.1, 0.15) is 0 Å². The quantitative estimate of drug-likeness (QED) is 0.584. The number of carbonyl (C=O) groups is 1. The molecule has 0 radical (unpaired) electrons. The molecule has 0 spiro atoms. The minimum Gasteiger partial charge on any atom is -0.366 e. The SMILES string of the molecule is CCCCc1c(-c2cccs2)c(C(N)=O)c(C)n1CCc1ccccc1. The van der Waals surface area contributed by atoms with Crippen LogP contribution in [0.25, 0.3) is 10.4 Å². The van der Waals surface area contributed by atoms with E-state index in [-0.39, 0.29) is 5.91 Å². The van der Waals surface area contributed by atoms with Gasteiger partial charge in [-0.3, -0.25) is 4.79 Å². The largest absolute Gasteiger partial charge is 0.366 e. The molecule has 0 aliphatic heterocycles. The highest BCUT2D eigenvalue weighted by Gasteiger charge is 2.24. The molecule has 2 heterocycles. The molecule has 2 aromatic heterocycles. The standard InChI is InChI=1S/C22H26N2OS/c1-3-4-11-18-21(19-12-8-15-26-19)20(22(23)25)16(2)24(18)14-13-17-9-6-5-7-10-17/h5-10,12,15H,3-4,11,13-14H2,1-2H3,(H2,23,25). The Bertz CT molecular complexity index is 863. The summed E-state index contributed by atoms with van der Waals surface area (Å²) in [5.74, 6) is -0.331. The maximum absolute atomic E-state index is 12.3. The highest BCUT2D eigenvalue weighted by molar-refractivity contribution is 7.13. The molecule has 26 heavy (non-hydrogen) atoms. The van der Waals surface area contributed by atoms with Crippen LogP contribution in [0.1, 0.15) is 47.1 Å².